The van der Waals surface area contributed by atoms with Gasteiger partial charge in [0.25, 0.3) is 0 Å². The molecule has 96 valence electrons. The lowest BCUT2D eigenvalue weighted by atomic mass is 10.0. The quantitative estimate of drug-likeness (QED) is 0.836. The van der Waals surface area contributed by atoms with E-state index in [0.29, 0.717) is 6.04 Å². The highest BCUT2D eigenvalue weighted by Gasteiger charge is 2.08. The van der Waals surface area contributed by atoms with Crippen molar-refractivity contribution in [3.63, 3.8) is 0 Å². The number of rotatable bonds is 4. The van der Waals surface area contributed by atoms with Gasteiger partial charge >= 0.3 is 0 Å². The summed E-state index contributed by atoms with van der Waals surface area (Å²) in [4.78, 5) is 1.36. The van der Waals surface area contributed by atoms with E-state index >= 15 is 0 Å². The third-order valence-corrected chi connectivity index (χ3v) is 4.79. The van der Waals surface area contributed by atoms with Crippen molar-refractivity contribution < 1.29 is 0 Å². The Morgan fingerprint density at radius 1 is 1.28 bits per heavy atom. The molecule has 0 bridgehead atoms. The van der Waals surface area contributed by atoms with E-state index in [1.807, 2.05) is 0 Å². The molecule has 1 aromatic heterocycles. The summed E-state index contributed by atoms with van der Waals surface area (Å²) >= 11 is 5.27. The van der Waals surface area contributed by atoms with Crippen molar-refractivity contribution in [1.82, 2.24) is 5.32 Å². The van der Waals surface area contributed by atoms with Gasteiger partial charge in [-0.25, -0.2) is 0 Å². The largest absolute Gasteiger partial charge is 0.305 e. The molecule has 0 amide bonds. The van der Waals surface area contributed by atoms with Crippen LogP contribution in [0.1, 0.15) is 34.5 Å². The first-order chi connectivity index (χ1) is 8.56. The van der Waals surface area contributed by atoms with Gasteiger partial charge in [0.15, 0.2) is 0 Å². The highest BCUT2D eigenvalue weighted by atomic mass is 79.9. The van der Waals surface area contributed by atoms with Crippen molar-refractivity contribution in [2.24, 2.45) is 0 Å². The highest BCUT2D eigenvalue weighted by molar-refractivity contribution is 9.10. The molecule has 0 saturated carbocycles. The molecule has 2 rings (SSSR count). The zero-order chi connectivity index (χ0) is 13.1. The predicted octanol–water partition coefficient (Wildman–Crippen LogP) is 4.98. The molecule has 1 unspecified atom stereocenters. The van der Waals surface area contributed by atoms with Crippen LogP contribution >= 0.6 is 27.3 Å². The van der Waals surface area contributed by atoms with E-state index < -0.39 is 0 Å². The van der Waals surface area contributed by atoms with Gasteiger partial charge in [-0.15, -0.1) is 11.3 Å². The molecular weight excluding hydrogens is 306 g/mol. The maximum atomic E-state index is 3.58. The van der Waals surface area contributed by atoms with Crippen molar-refractivity contribution in [2.45, 2.75) is 33.4 Å². The highest BCUT2D eigenvalue weighted by Crippen LogP contribution is 2.22. The van der Waals surface area contributed by atoms with Gasteiger partial charge in [-0.2, -0.15) is 0 Å². The fraction of sp³-hybridized carbons (Fsp3) is 0.333. The van der Waals surface area contributed by atoms with E-state index in [9.17, 15) is 0 Å². The van der Waals surface area contributed by atoms with E-state index in [1.165, 1.54) is 26.0 Å². The molecule has 1 nitrogen and oxygen atoms in total. The first-order valence-electron chi connectivity index (χ1n) is 6.09. The summed E-state index contributed by atoms with van der Waals surface area (Å²) in [6.45, 7) is 7.46. The van der Waals surface area contributed by atoms with E-state index in [-0.39, 0.29) is 0 Å². The minimum atomic E-state index is 0.381. The number of halogens is 1. The lowest BCUT2D eigenvalue weighted by Crippen LogP contribution is -2.18. The molecule has 1 heterocycles. The fourth-order valence-corrected chi connectivity index (χ4v) is 3.52. The van der Waals surface area contributed by atoms with Crippen molar-refractivity contribution >= 4 is 27.3 Å². The van der Waals surface area contributed by atoms with Crippen LogP contribution in [0.2, 0.25) is 0 Å². The summed E-state index contributed by atoms with van der Waals surface area (Å²) in [6.07, 6.45) is 0. The van der Waals surface area contributed by atoms with Gasteiger partial charge < -0.3 is 5.32 Å². The van der Waals surface area contributed by atoms with E-state index in [1.54, 1.807) is 11.3 Å². The number of aryl methyl sites for hydroxylation is 2. The Kier molecular flexibility index (Phi) is 4.60. The van der Waals surface area contributed by atoms with Gasteiger partial charge in [0.05, 0.1) is 0 Å². The smallest absolute Gasteiger partial charge is 0.0305 e. The molecule has 18 heavy (non-hydrogen) atoms. The Hall–Kier alpha value is -0.640. The first-order valence-corrected chi connectivity index (χ1v) is 7.77. The topological polar surface area (TPSA) is 12.0 Å². The molecule has 1 atom stereocenters. The zero-order valence-electron chi connectivity index (χ0n) is 11.0. The molecular formula is C15H18BrNS. The summed E-state index contributed by atoms with van der Waals surface area (Å²) in [5.74, 6) is 0. The minimum absolute atomic E-state index is 0.381. The fourth-order valence-electron chi connectivity index (χ4n) is 2.12. The van der Waals surface area contributed by atoms with Crippen LogP contribution < -0.4 is 5.32 Å². The monoisotopic (exact) mass is 323 g/mol. The van der Waals surface area contributed by atoms with Gasteiger partial charge in [0, 0.05) is 27.3 Å². The Labute approximate surface area is 121 Å². The lowest BCUT2D eigenvalue weighted by Gasteiger charge is -2.16. The van der Waals surface area contributed by atoms with Crippen LogP contribution in [0.15, 0.2) is 34.1 Å². The first kappa shape index (κ1) is 13.8. The normalized spacial score (nSPS) is 12.7. The molecule has 0 spiro atoms. The van der Waals surface area contributed by atoms with Crippen LogP contribution in [0.5, 0.6) is 0 Å². The number of benzene rings is 1. The maximum absolute atomic E-state index is 3.58. The van der Waals surface area contributed by atoms with Gasteiger partial charge in [-0.3, -0.25) is 0 Å². The second-order valence-corrected chi connectivity index (χ2v) is 6.61. The Morgan fingerprint density at radius 3 is 2.67 bits per heavy atom. The number of hydrogen-bond acceptors (Lipinski definition) is 2. The van der Waals surface area contributed by atoms with Crippen LogP contribution in [0, 0.1) is 13.8 Å². The molecule has 0 aliphatic rings. The van der Waals surface area contributed by atoms with Gasteiger partial charge in [0.2, 0.25) is 0 Å². The Balaban J connectivity index is 2.01. The second-order valence-electron chi connectivity index (χ2n) is 4.69. The third-order valence-electron chi connectivity index (χ3n) is 3.10. The molecule has 1 N–H and O–H groups in total. The summed E-state index contributed by atoms with van der Waals surface area (Å²) in [6, 6.07) is 9.21. The van der Waals surface area contributed by atoms with Gasteiger partial charge in [0.1, 0.15) is 0 Å². The van der Waals surface area contributed by atoms with Crippen LogP contribution in [-0.2, 0) is 6.54 Å². The predicted molar refractivity (Wildman–Crippen MR) is 83.2 cm³/mol. The second kappa shape index (κ2) is 6.00. The maximum Gasteiger partial charge on any atom is 0.0305 e. The Bertz CT molecular complexity index is 533. The molecule has 2 aromatic rings. The standard InChI is InChI=1S/C15H18BrNS/c1-10-4-5-15(11(2)6-10)12(3)17-8-14-7-13(16)9-18-14/h4-7,9,12,17H,8H2,1-3H3. The molecule has 3 heteroatoms. The summed E-state index contributed by atoms with van der Waals surface area (Å²) in [5.41, 5.74) is 4.07. The molecule has 0 aliphatic carbocycles. The van der Waals surface area contributed by atoms with E-state index in [2.05, 4.69) is 71.7 Å². The molecule has 0 fully saturated rings. The van der Waals surface area contributed by atoms with Crippen LogP contribution in [0.4, 0.5) is 0 Å². The SMILES string of the molecule is Cc1ccc(C(C)NCc2cc(Br)cs2)c(C)c1. The van der Waals surface area contributed by atoms with E-state index in [0.717, 1.165) is 6.54 Å². The number of hydrogen-bond donors (Lipinski definition) is 1. The average molecular weight is 324 g/mol. The minimum Gasteiger partial charge on any atom is -0.305 e. The van der Waals surface area contributed by atoms with Crippen LogP contribution in [0.25, 0.3) is 0 Å². The van der Waals surface area contributed by atoms with Gasteiger partial charge in [-0.05, 0) is 53.9 Å². The third kappa shape index (κ3) is 3.44. The van der Waals surface area contributed by atoms with Crippen LogP contribution in [-0.4, -0.2) is 0 Å². The average Bonchev–Trinajstić information content (AvgIpc) is 2.72. The van der Waals surface area contributed by atoms with E-state index in [4.69, 9.17) is 0 Å². The zero-order valence-corrected chi connectivity index (χ0v) is 13.4. The molecule has 1 aromatic carbocycles. The van der Waals surface area contributed by atoms with Crippen molar-refractivity contribution in [3.8, 4) is 0 Å². The van der Waals surface area contributed by atoms with Crippen molar-refractivity contribution in [3.05, 3.63) is 55.7 Å². The molecule has 0 radical (unpaired) electrons. The summed E-state index contributed by atoms with van der Waals surface area (Å²) < 4.78 is 1.17. The number of nitrogens with one attached hydrogen (secondary N) is 1. The Morgan fingerprint density at radius 2 is 2.06 bits per heavy atom. The number of thiophene rings is 1. The molecule has 0 saturated heterocycles. The summed E-state index contributed by atoms with van der Waals surface area (Å²) in [7, 11) is 0. The van der Waals surface area contributed by atoms with Crippen molar-refractivity contribution in [2.75, 3.05) is 0 Å². The molecule has 0 aliphatic heterocycles. The van der Waals surface area contributed by atoms with Gasteiger partial charge in [-0.1, -0.05) is 23.8 Å². The van der Waals surface area contributed by atoms with Crippen molar-refractivity contribution in [1.29, 1.82) is 0 Å². The lowest BCUT2D eigenvalue weighted by molar-refractivity contribution is 0.576. The van der Waals surface area contributed by atoms with Crippen LogP contribution in [0.3, 0.4) is 0 Å². The summed E-state index contributed by atoms with van der Waals surface area (Å²) in [5, 5.41) is 5.70.